The maximum atomic E-state index is 13.5. The van der Waals surface area contributed by atoms with E-state index >= 15 is 0 Å². The van der Waals surface area contributed by atoms with Gasteiger partial charge < -0.3 is 35.7 Å². The number of carboxylic acid groups (broad SMARTS) is 4. The lowest BCUT2D eigenvalue weighted by Gasteiger charge is -2.45. The number of aliphatic hydroxyl groups excluding tert-OH is 3. The Kier molecular flexibility index (Phi) is 17.8. The molecule has 0 aliphatic rings. The van der Waals surface area contributed by atoms with Crippen LogP contribution in [0.4, 0.5) is 101 Å². The van der Waals surface area contributed by atoms with E-state index in [1.165, 1.54) is 6.58 Å². The first kappa shape index (κ1) is 60.2. The van der Waals surface area contributed by atoms with Gasteiger partial charge in [0, 0.05) is 35.7 Å². The number of hydrogen-bond donors (Lipinski definition) is 7. The Morgan fingerprint density at radius 3 is 0.841 bits per heavy atom. The summed E-state index contributed by atoms with van der Waals surface area (Å²) >= 11 is 0. The van der Waals surface area contributed by atoms with E-state index in [0.29, 0.717) is 18.2 Å². The molecule has 0 saturated carbocycles. The zero-order valence-electron chi connectivity index (χ0n) is 29.5. The molecule has 0 heterocycles. The highest BCUT2D eigenvalue weighted by atomic mass is 19.4. The Bertz CT molecular complexity index is 1720. The molecule has 0 aliphatic heterocycles. The molecule has 34 heteroatoms. The van der Waals surface area contributed by atoms with Gasteiger partial charge in [0.2, 0.25) is 0 Å². The highest BCUT2D eigenvalue weighted by molar-refractivity contribution is 5.88. The molecule has 63 heavy (non-hydrogen) atoms. The highest BCUT2D eigenvalue weighted by Gasteiger charge is 2.99. The minimum Gasteiger partial charge on any atom is -0.478 e. The summed E-state index contributed by atoms with van der Waals surface area (Å²) in [5, 5.41) is 63.2. The van der Waals surface area contributed by atoms with Gasteiger partial charge in [-0.1, -0.05) is 24.8 Å². The van der Waals surface area contributed by atoms with E-state index in [0.717, 1.165) is 18.2 Å². The van der Waals surface area contributed by atoms with Gasteiger partial charge in [-0.05, 0) is 6.42 Å². The van der Waals surface area contributed by atoms with Crippen LogP contribution in [0.2, 0.25) is 0 Å². The van der Waals surface area contributed by atoms with Crippen molar-refractivity contribution < 1.29 is 156 Å². The van der Waals surface area contributed by atoms with Crippen molar-refractivity contribution in [2.75, 3.05) is 19.8 Å². The largest absolute Gasteiger partial charge is 0.478 e. The number of allylic oxidation sites excluding steroid dienone is 3. The van der Waals surface area contributed by atoms with Crippen molar-refractivity contribution >= 4 is 23.9 Å². The van der Waals surface area contributed by atoms with E-state index in [1.54, 1.807) is 0 Å². The lowest BCUT2D eigenvalue weighted by atomic mass is 9.61. The minimum absolute atomic E-state index is 0.252. The van der Waals surface area contributed by atoms with Crippen LogP contribution >= 0.6 is 0 Å². The Hall–Kier alpha value is -4.89. The molecule has 7 N–H and O–H groups in total. The topological polar surface area (TPSA) is 210 Å². The standard InChI is InChI=1S/C15H20O9.C14H3F23O2/c16-8-7-15(9-17,10-18)14(4-1-11(19)20,5-2-12(21)22)6-3-13(23)24;1-2(3(38)39)4(15,16)5(17,18)6(19,20)7(21,22)8(23,24)9(25,26)10(27,28)11(29,30)12(31,32)13(33,34)14(35,36)37/h1-6,16-18H,7-10H2,(H,19,20)(H,21,22)(H,23,24);1H2,(H,38,39). The molecule has 0 amide bonds. The van der Waals surface area contributed by atoms with Crippen molar-refractivity contribution in [1.29, 1.82) is 0 Å². The van der Waals surface area contributed by atoms with Gasteiger partial charge in [-0.15, -0.1) is 0 Å². The van der Waals surface area contributed by atoms with Crippen LogP contribution in [0.3, 0.4) is 0 Å². The van der Waals surface area contributed by atoms with Gasteiger partial charge in [-0.2, -0.15) is 101 Å². The summed E-state index contributed by atoms with van der Waals surface area (Å²) in [5.41, 5.74) is -7.02. The number of carbonyl (C=O) groups is 4. The van der Waals surface area contributed by atoms with E-state index in [9.17, 15) is 135 Å². The van der Waals surface area contributed by atoms with Crippen LogP contribution in [-0.4, -0.2) is 145 Å². The lowest BCUT2D eigenvalue weighted by molar-refractivity contribution is -0.477. The third kappa shape index (κ3) is 9.94. The predicted molar refractivity (Wildman–Crippen MR) is 153 cm³/mol. The molecule has 0 unspecified atom stereocenters. The van der Waals surface area contributed by atoms with E-state index < -0.39 is 126 Å². The molecule has 0 aromatic heterocycles. The third-order valence-corrected chi connectivity index (χ3v) is 8.16. The maximum Gasteiger partial charge on any atom is 0.460 e. The van der Waals surface area contributed by atoms with E-state index in [-0.39, 0.29) is 6.42 Å². The first-order chi connectivity index (χ1) is 27.5. The van der Waals surface area contributed by atoms with E-state index in [4.69, 9.17) is 20.4 Å². The zero-order chi connectivity index (χ0) is 51.5. The smallest absolute Gasteiger partial charge is 0.460 e. The monoisotopic (exact) mass is 984 g/mol. The first-order valence-electron chi connectivity index (χ1n) is 14.9. The maximum absolute atomic E-state index is 13.5. The predicted octanol–water partition coefficient (Wildman–Crippen LogP) is 6.79. The molecular weight excluding hydrogens is 961 g/mol. The van der Waals surface area contributed by atoms with Crippen molar-refractivity contribution in [3.8, 4) is 0 Å². The van der Waals surface area contributed by atoms with Crippen molar-refractivity contribution in [3.63, 3.8) is 0 Å². The fourth-order valence-electron chi connectivity index (χ4n) is 4.32. The molecule has 0 bridgehead atoms. The minimum atomic E-state index is -9.50. The van der Waals surface area contributed by atoms with Gasteiger partial charge in [0.25, 0.3) is 0 Å². The van der Waals surface area contributed by atoms with Crippen LogP contribution in [0.5, 0.6) is 0 Å². The van der Waals surface area contributed by atoms with Crippen LogP contribution in [0.25, 0.3) is 0 Å². The van der Waals surface area contributed by atoms with E-state index in [2.05, 4.69) is 0 Å². The molecule has 366 valence electrons. The second-order valence-electron chi connectivity index (χ2n) is 12.0. The van der Waals surface area contributed by atoms with Crippen molar-refractivity contribution in [3.05, 3.63) is 48.6 Å². The normalized spacial score (nSPS) is 15.9. The Morgan fingerprint density at radius 1 is 0.413 bits per heavy atom. The highest BCUT2D eigenvalue weighted by Crippen LogP contribution is 2.67. The summed E-state index contributed by atoms with van der Waals surface area (Å²) in [7, 11) is 0. The summed E-state index contributed by atoms with van der Waals surface area (Å²) in [6.07, 6.45) is -3.62. The number of carboxylic acids is 4. The van der Waals surface area contributed by atoms with Crippen LogP contribution in [0.15, 0.2) is 48.6 Å². The van der Waals surface area contributed by atoms with Gasteiger partial charge >= 0.3 is 89.3 Å². The number of hydrogen-bond acceptors (Lipinski definition) is 7. The second-order valence-corrected chi connectivity index (χ2v) is 12.0. The number of halogens is 23. The summed E-state index contributed by atoms with van der Waals surface area (Å²) in [6.45, 7) is -0.643. The Balaban J connectivity index is 0. The molecule has 0 saturated heterocycles. The summed E-state index contributed by atoms with van der Waals surface area (Å²) < 4.78 is 302. The van der Waals surface area contributed by atoms with Crippen molar-refractivity contribution in [1.82, 2.24) is 0 Å². The number of rotatable bonds is 22. The van der Waals surface area contributed by atoms with E-state index in [1.807, 2.05) is 0 Å². The van der Waals surface area contributed by atoms with Crippen LogP contribution in [0, 0.1) is 10.8 Å². The number of aliphatic carboxylic acids is 4. The molecule has 0 aromatic carbocycles. The Labute approximate surface area is 331 Å². The Morgan fingerprint density at radius 2 is 0.651 bits per heavy atom. The lowest BCUT2D eigenvalue weighted by Crippen LogP contribution is -2.77. The van der Waals surface area contributed by atoms with Gasteiger partial charge in [-0.3, -0.25) is 0 Å². The fraction of sp³-hybridized carbons (Fsp3) is 0.586. The SMILES string of the molecule is C=C(C(=O)O)C(F)(F)C(F)(F)C(F)(F)C(F)(F)C(F)(F)C(F)(F)C(F)(F)C(F)(F)C(F)(F)C(F)(F)C(F)(F)F.O=C(O)C=CC(C=CC(=O)O)(C=CC(=O)O)C(CO)(CO)CCO. The van der Waals surface area contributed by atoms with Crippen LogP contribution in [-0.2, 0) is 19.2 Å². The summed E-state index contributed by atoms with van der Waals surface area (Å²) in [5.74, 6) is -97.2. The average molecular weight is 984 g/mol. The molecule has 0 aliphatic carbocycles. The van der Waals surface area contributed by atoms with Gasteiger partial charge in [-0.25, -0.2) is 19.2 Å². The molecule has 0 aromatic rings. The molecular formula is C29H23F23O11. The van der Waals surface area contributed by atoms with Crippen molar-refractivity contribution in [2.45, 2.75) is 71.8 Å². The first-order valence-corrected chi connectivity index (χ1v) is 14.9. The van der Waals surface area contributed by atoms with Crippen LogP contribution in [0.1, 0.15) is 6.42 Å². The zero-order valence-corrected chi connectivity index (χ0v) is 29.5. The summed E-state index contributed by atoms with van der Waals surface area (Å²) in [4.78, 5) is 42.7. The fourth-order valence-corrected chi connectivity index (χ4v) is 4.32. The molecule has 11 nitrogen and oxygen atoms in total. The molecule has 0 radical (unpaired) electrons. The molecule has 0 spiro atoms. The molecule has 0 fully saturated rings. The molecule has 0 rings (SSSR count). The van der Waals surface area contributed by atoms with Gasteiger partial charge in [0.1, 0.15) is 5.57 Å². The second kappa shape index (κ2) is 18.7. The number of alkyl halides is 23. The van der Waals surface area contributed by atoms with Gasteiger partial charge in [0.05, 0.1) is 13.2 Å². The third-order valence-electron chi connectivity index (χ3n) is 8.16. The quantitative estimate of drug-likeness (QED) is 0.0444. The van der Waals surface area contributed by atoms with Crippen LogP contribution < -0.4 is 0 Å². The summed E-state index contributed by atoms with van der Waals surface area (Å²) in [6, 6.07) is 0. The van der Waals surface area contributed by atoms with Gasteiger partial charge in [0.15, 0.2) is 0 Å². The average Bonchev–Trinajstić information content (AvgIpc) is 3.12. The number of aliphatic hydroxyl groups is 3. The molecule has 0 atom stereocenters. The van der Waals surface area contributed by atoms with Crippen molar-refractivity contribution in [2.24, 2.45) is 10.8 Å².